The van der Waals surface area contributed by atoms with Gasteiger partial charge in [-0.25, -0.2) is 4.79 Å². The van der Waals surface area contributed by atoms with Crippen molar-refractivity contribution in [2.75, 3.05) is 17.7 Å². The fraction of sp³-hybridized carbons (Fsp3) is 0.0909. The number of benzene rings is 3. The maximum atomic E-state index is 12.3. The van der Waals surface area contributed by atoms with Crippen LogP contribution in [0.25, 0.3) is 10.9 Å². The normalized spacial score (nSPS) is 10.6. The van der Waals surface area contributed by atoms with Gasteiger partial charge in [0.25, 0.3) is 0 Å². The van der Waals surface area contributed by atoms with Crippen LogP contribution < -0.4 is 20.1 Å². The largest absolute Gasteiger partial charge is 0.497 e. The van der Waals surface area contributed by atoms with Gasteiger partial charge in [-0.05, 0) is 54.1 Å². The second kappa shape index (κ2) is 8.75. The molecule has 0 spiro atoms. The van der Waals surface area contributed by atoms with E-state index in [9.17, 15) is 4.79 Å². The maximum Gasteiger partial charge on any atom is 0.324 e. The van der Waals surface area contributed by atoms with E-state index in [1.807, 2.05) is 42.5 Å². The first-order valence-corrected chi connectivity index (χ1v) is 9.56. The van der Waals surface area contributed by atoms with Gasteiger partial charge in [-0.3, -0.25) is 10.4 Å². The zero-order valence-electron chi connectivity index (χ0n) is 16.1. The molecule has 0 saturated carbocycles. The third kappa shape index (κ3) is 4.64. The molecule has 7 nitrogen and oxygen atoms in total. The summed E-state index contributed by atoms with van der Waals surface area (Å²) in [5, 5.41) is 13.8. The van der Waals surface area contributed by atoms with Crippen molar-refractivity contribution in [2.45, 2.75) is 6.61 Å². The van der Waals surface area contributed by atoms with Crippen LogP contribution in [0.4, 0.5) is 16.3 Å². The average Bonchev–Trinajstić information content (AvgIpc) is 3.14. The zero-order valence-corrected chi connectivity index (χ0v) is 16.9. The number of urea groups is 1. The first-order valence-electron chi connectivity index (χ1n) is 9.18. The number of methoxy groups -OCH3 is 1. The number of aromatic nitrogens is 2. The highest BCUT2D eigenvalue weighted by Crippen LogP contribution is 2.26. The molecule has 0 aliphatic heterocycles. The number of hydrogen-bond acceptors (Lipinski definition) is 4. The van der Waals surface area contributed by atoms with Crippen LogP contribution in [0.15, 0.2) is 66.7 Å². The summed E-state index contributed by atoms with van der Waals surface area (Å²) < 4.78 is 11.1. The smallest absolute Gasteiger partial charge is 0.324 e. The van der Waals surface area contributed by atoms with Gasteiger partial charge in [0.15, 0.2) is 5.82 Å². The van der Waals surface area contributed by atoms with E-state index in [0.29, 0.717) is 28.9 Å². The lowest BCUT2D eigenvalue weighted by Crippen LogP contribution is -2.19. The predicted octanol–water partition coefficient (Wildman–Crippen LogP) is 5.45. The van der Waals surface area contributed by atoms with Gasteiger partial charge in [-0.2, -0.15) is 5.10 Å². The zero-order chi connectivity index (χ0) is 20.9. The number of amides is 2. The molecule has 3 N–H and O–H groups in total. The van der Waals surface area contributed by atoms with Crippen molar-refractivity contribution in [1.82, 2.24) is 10.2 Å². The topological polar surface area (TPSA) is 88.3 Å². The molecule has 1 aromatic heterocycles. The molecule has 4 aromatic rings. The highest BCUT2D eigenvalue weighted by atomic mass is 35.5. The van der Waals surface area contributed by atoms with E-state index in [1.54, 1.807) is 31.4 Å². The lowest BCUT2D eigenvalue weighted by Gasteiger charge is -2.09. The molecular formula is C22H19ClN4O3. The van der Waals surface area contributed by atoms with E-state index in [-0.39, 0.29) is 0 Å². The molecule has 8 heteroatoms. The lowest BCUT2D eigenvalue weighted by molar-refractivity contribution is 0.262. The van der Waals surface area contributed by atoms with Crippen LogP contribution in [0.1, 0.15) is 5.56 Å². The molecule has 30 heavy (non-hydrogen) atoms. The Labute approximate surface area is 178 Å². The highest BCUT2D eigenvalue weighted by Gasteiger charge is 2.11. The SMILES string of the molecule is COc1cccc(COc2ccc3[nH]nc(NC(=O)Nc4cccc(Cl)c4)c3c2)c1. The summed E-state index contributed by atoms with van der Waals surface area (Å²) in [5.74, 6) is 1.83. The minimum absolute atomic E-state index is 0.387. The Morgan fingerprint density at radius 2 is 1.90 bits per heavy atom. The maximum absolute atomic E-state index is 12.3. The number of anilines is 2. The molecule has 1 heterocycles. The molecule has 0 bridgehead atoms. The van der Waals surface area contributed by atoms with E-state index in [4.69, 9.17) is 21.1 Å². The third-order valence-corrected chi connectivity index (χ3v) is 4.62. The molecule has 0 fully saturated rings. The lowest BCUT2D eigenvalue weighted by atomic mass is 10.2. The van der Waals surface area contributed by atoms with Gasteiger partial charge in [0.1, 0.15) is 18.1 Å². The van der Waals surface area contributed by atoms with E-state index < -0.39 is 6.03 Å². The fourth-order valence-corrected chi connectivity index (χ4v) is 3.13. The van der Waals surface area contributed by atoms with E-state index in [2.05, 4.69) is 20.8 Å². The number of hydrogen-bond donors (Lipinski definition) is 3. The second-order valence-electron chi connectivity index (χ2n) is 6.51. The number of ether oxygens (including phenoxy) is 2. The summed E-state index contributed by atoms with van der Waals surface area (Å²) in [6.45, 7) is 0.387. The molecule has 2 amide bonds. The van der Waals surface area contributed by atoms with Crippen LogP contribution in [0.3, 0.4) is 0 Å². The van der Waals surface area contributed by atoms with Crippen molar-refractivity contribution in [3.05, 3.63) is 77.3 Å². The molecule has 0 radical (unpaired) electrons. The fourth-order valence-electron chi connectivity index (χ4n) is 2.94. The van der Waals surface area contributed by atoms with Gasteiger partial charge in [-0.1, -0.05) is 29.8 Å². The number of fused-ring (bicyclic) bond motifs is 1. The number of carbonyl (C=O) groups excluding carboxylic acids is 1. The van der Waals surface area contributed by atoms with Gasteiger partial charge in [0.05, 0.1) is 12.6 Å². The van der Waals surface area contributed by atoms with Gasteiger partial charge < -0.3 is 14.8 Å². The minimum Gasteiger partial charge on any atom is -0.497 e. The van der Waals surface area contributed by atoms with Gasteiger partial charge in [-0.15, -0.1) is 0 Å². The van der Waals surface area contributed by atoms with Crippen molar-refractivity contribution in [2.24, 2.45) is 0 Å². The molecule has 0 unspecified atom stereocenters. The summed E-state index contributed by atoms with van der Waals surface area (Å²) in [6, 6.07) is 19.7. The Bertz CT molecular complexity index is 1190. The highest BCUT2D eigenvalue weighted by molar-refractivity contribution is 6.30. The summed E-state index contributed by atoms with van der Waals surface area (Å²) in [6.07, 6.45) is 0. The summed E-state index contributed by atoms with van der Waals surface area (Å²) >= 11 is 5.95. The first kappa shape index (κ1) is 19.6. The number of halogens is 1. The van der Waals surface area contributed by atoms with Gasteiger partial charge >= 0.3 is 6.03 Å². The molecule has 3 aromatic carbocycles. The Kier molecular flexibility index (Phi) is 5.72. The van der Waals surface area contributed by atoms with Crippen molar-refractivity contribution in [1.29, 1.82) is 0 Å². The van der Waals surface area contributed by atoms with E-state index >= 15 is 0 Å². The number of rotatable bonds is 6. The summed E-state index contributed by atoms with van der Waals surface area (Å²) in [7, 11) is 1.63. The van der Waals surface area contributed by atoms with Crippen molar-refractivity contribution in [3.8, 4) is 11.5 Å². The molecular weight excluding hydrogens is 404 g/mol. The molecule has 0 saturated heterocycles. The first-order chi connectivity index (χ1) is 14.6. The second-order valence-corrected chi connectivity index (χ2v) is 6.95. The number of nitrogens with zero attached hydrogens (tertiary/aromatic N) is 1. The third-order valence-electron chi connectivity index (χ3n) is 4.39. The number of aromatic amines is 1. The summed E-state index contributed by atoms with van der Waals surface area (Å²) in [4.78, 5) is 12.3. The van der Waals surface area contributed by atoms with E-state index in [1.165, 1.54) is 0 Å². The quantitative estimate of drug-likeness (QED) is 0.385. The van der Waals surface area contributed by atoms with Gasteiger partial charge in [0, 0.05) is 16.1 Å². The summed E-state index contributed by atoms with van der Waals surface area (Å²) in [5.41, 5.74) is 2.35. The van der Waals surface area contributed by atoms with Crippen LogP contribution in [-0.4, -0.2) is 23.3 Å². The monoisotopic (exact) mass is 422 g/mol. The molecule has 0 aliphatic carbocycles. The average molecular weight is 423 g/mol. The number of H-pyrrole nitrogens is 1. The minimum atomic E-state index is -0.423. The molecule has 0 aliphatic rings. The van der Waals surface area contributed by atoms with Crippen molar-refractivity contribution in [3.63, 3.8) is 0 Å². The number of nitrogens with one attached hydrogen (secondary N) is 3. The number of carbonyl (C=O) groups is 1. The molecule has 4 rings (SSSR count). The van der Waals surface area contributed by atoms with Crippen molar-refractivity contribution >= 4 is 40.0 Å². The van der Waals surface area contributed by atoms with Crippen LogP contribution in [0, 0.1) is 0 Å². The Hall–Kier alpha value is -3.71. The Balaban J connectivity index is 1.46. The predicted molar refractivity (Wildman–Crippen MR) is 118 cm³/mol. The molecule has 0 atom stereocenters. The van der Waals surface area contributed by atoms with Crippen LogP contribution in [0.2, 0.25) is 5.02 Å². The standard InChI is InChI=1S/C22H19ClN4O3/c1-29-17-7-2-4-14(10-17)13-30-18-8-9-20-19(12-18)21(27-26-20)25-22(28)24-16-6-3-5-15(23)11-16/h2-12H,13H2,1H3,(H3,24,25,26,27,28). The van der Waals surface area contributed by atoms with Gasteiger partial charge in [0.2, 0.25) is 0 Å². The van der Waals surface area contributed by atoms with Crippen molar-refractivity contribution < 1.29 is 14.3 Å². The van der Waals surface area contributed by atoms with Crippen LogP contribution >= 0.6 is 11.6 Å². The molecule has 152 valence electrons. The van der Waals surface area contributed by atoms with E-state index in [0.717, 1.165) is 22.2 Å². The Morgan fingerprint density at radius 3 is 2.73 bits per heavy atom. The van der Waals surface area contributed by atoms with Crippen LogP contribution in [-0.2, 0) is 6.61 Å². The van der Waals surface area contributed by atoms with Crippen LogP contribution in [0.5, 0.6) is 11.5 Å². The Morgan fingerprint density at radius 1 is 1.03 bits per heavy atom.